The number of aromatic nitrogens is 1. The minimum atomic E-state index is 0.0644. The van der Waals surface area contributed by atoms with Gasteiger partial charge in [0.15, 0.2) is 10.9 Å². The monoisotopic (exact) mass is 303 g/mol. The summed E-state index contributed by atoms with van der Waals surface area (Å²) in [5.74, 6) is 0.697. The summed E-state index contributed by atoms with van der Waals surface area (Å²) in [7, 11) is 0. The van der Waals surface area contributed by atoms with Gasteiger partial charge in [-0.2, -0.15) is 0 Å². The second kappa shape index (κ2) is 6.26. The highest BCUT2D eigenvalue weighted by molar-refractivity contribution is 7.18. The third-order valence-electron chi connectivity index (χ3n) is 3.21. The highest BCUT2D eigenvalue weighted by atomic mass is 32.1. The van der Waals surface area contributed by atoms with Crippen molar-refractivity contribution in [2.45, 2.75) is 34.1 Å². The molecule has 4 nitrogen and oxygen atoms in total. The zero-order valence-electron chi connectivity index (χ0n) is 12.9. The van der Waals surface area contributed by atoms with Gasteiger partial charge in [0.2, 0.25) is 0 Å². The molecule has 0 saturated heterocycles. The van der Waals surface area contributed by atoms with Crippen LogP contribution in [0.2, 0.25) is 0 Å². The number of Topliss-reactive ketones (excluding diaryl/α,β-unsaturated/α-hetero) is 1. The normalized spacial score (nSPS) is 10.9. The number of anilines is 3. The van der Waals surface area contributed by atoms with Crippen molar-refractivity contribution in [2.24, 2.45) is 5.92 Å². The van der Waals surface area contributed by atoms with Crippen LogP contribution in [-0.2, 0) is 0 Å². The Morgan fingerprint density at radius 1 is 1.33 bits per heavy atom. The molecular formula is C16H21N3OS. The van der Waals surface area contributed by atoms with Gasteiger partial charge in [-0.05, 0) is 30.9 Å². The number of hydrogen-bond acceptors (Lipinski definition) is 5. The minimum absolute atomic E-state index is 0.0644. The molecule has 2 rings (SSSR count). The summed E-state index contributed by atoms with van der Waals surface area (Å²) >= 11 is 1.33. The molecule has 2 aromatic rings. The Morgan fingerprint density at radius 2 is 1.95 bits per heavy atom. The number of nitrogens with one attached hydrogen (secondary N) is 1. The highest BCUT2D eigenvalue weighted by Gasteiger charge is 2.17. The Labute approximate surface area is 129 Å². The van der Waals surface area contributed by atoms with Crippen molar-refractivity contribution < 1.29 is 4.79 Å². The van der Waals surface area contributed by atoms with E-state index in [4.69, 9.17) is 5.73 Å². The molecule has 0 spiro atoms. The molecule has 1 heterocycles. The lowest BCUT2D eigenvalue weighted by atomic mass is 10.1. The molecule has 0 atom stereocenters. The molecule has 21 heavy (non-hydrogen) atoms. The number of ketones is 1. The number of rotatable bonds is 5. The van der Waals surface area contributed by atoms with E-state index < -0.39 is 0 Å². The topological polar surface area (TPSA) is 68.0 Å². The van der Waals surface area contributed by atoms with Crippen LogP contribution in [-0.4, -0.2) is 10.8 Å². The Hall–Kier alpha value is -1.88. The van der Waals surface area contributed by atoms with E-state index >= 15 is 0 Å². The molecular weight excluding hydrogens is 282 g/mol. The molecule has 0 fully saturated rings. The van der Waals surface area contributed by atoms with Crippen LogP contribution in [0, 0.1) is 19.8 Å². The van der Waals surface area contributed by atoms with Crippen molar-refractivity contribution >= 4 is 33.8 Å². The van der Waals surface area contributed by atoms with Crippen LogP contribution in [0.1, 0.15) is 41.1 Å². The maximum absolute atomic E-state index is 12.1. The quantitative estimate of drug-likeness (QED) is 0.807. The number of nitrogens with zero attached hydrogens (tertiary/aromatic N) is 1. The van der Waals surface area contributed by atoms with E-state index in [9.17, 15) is 4.79 Å². The Morgan fingerprint density at radius 3 is 2.52 bits per heavy atom. The predicted octanol–water partition coefficient (Wildman–Crippen LogP) is 4.31. The van der Waals surface area contributed by atoms with Crippen molar-refractivity contribution in [2.75, 3.05) is 11.1 Å². The Balaban J connectivity index is 2.25. The Kier molecular flexibility index (Phi) is 4.63. The van der Waals surface area contributed by atoms with Crippen molar-refractivity contribution in [1.29, 1.82) is 0 Å². The van der Waals surface area contributed by atoms with Gasteiger partial charge < -0.3 is 11.1 Å². The fourth-order valence-corrected chi connectivity index (χ4v) is 3.01. The molecule has 0 radical (unpaired) electrons. The average molecular weight is 303 g/mol. The van der Waals surface area contributed by atoms with Crippen LogP contribution >= 0.6 is 11.3 Å². The van der Waals surface area contributed by atoms with Crippen molar-refractivity contribution in [3.8, 4) is 0 Å². The second-order valence-corrected chi connectivity index (χ2v) is 6.65. The van der Waals surface area contributed by atoms with Crippen LogP contribution < -0.4 is 11.1 Å². The van der Waals surface area contributed by atoms with Crippen molar-refractivity contribution in [3.63, 3.8) is 0 Å². The van der Waals surface area contributed by atoms with Gasteiger partial charge in [0.1, 0.15) is 10.7 Å². The maximum atomic E-state index is 12.1. The average Bonchev–Trinajstić information content (AvgIpc) is 2.74. The molecule has 0 bridgehead atoms. The van der Waals surface area contributed by atoms with E-state index in [1.165, 1.54) is 11.3 Å². The van der Waals surface area contributed by atoms with Gasteiger partial charge in [0.25, 0.3) is 0 Å². The zero-order chi connectivity index (χ0) is 15.6. The van der Waals surface area contributed by atoms with Gasteiger partial charge in [-0.25, -0.2) is 4.98 Å². The van der Waals surface area contributed by atoms with Crippen LogP contribution in [0.5, 0.6) is 0 Å². The second-order valence-electron chi connectivity index (χ2n) is 5.65. The Bertz CT molecular complexity index is 641. The van der Waals surface area contributed by atoms with Gasteiger partial charge >= 0.3 is 0 Å². The number of para-hydroxylation sites is 1. The number of hydrogen-bond donors (Lipinski definition) is 2. The number of carbonyl (C=O) groups is 1. The molecule has 0 aliphatic rings. The third-order valence-corrected chi connectivity index (χ3v) is 4.24. The first-order chi connectivity index (χ1) is 9.88. The van der Waals surface area contributed by atoms with E-state index in [0.717, 1.165) is 16.8 Å². The van der Waals surface area contributed by atoms with Crippen LogP contribution in [0.15, 0.2) is 18.2 Å². The first-order valence-corrected chi connectivity index (χ1v) is 7.83. The summed E-state index contributed by atoms with van der Waals surface area (Å²) in [6, 6.07) is 6.10. The molecule has 112 valence electrons. The molecule has 0 unspecified atom stereocenters. The lowest BCUT2D eigenvalue weighted by Crippen LogP contribution is -2.04. The maximum Gasteiger partial charge on any atom is 0.189 e. The van der Waals surface area contributed by atoms with Crippen LogP contribution in [0.25, 0.3) is 0 Å². The number of benzene rings is 1. The van der Waals surface area contributed by atoms with Crippen molar-refractivity contribution in [1.82, 2.24) is 4.98 Å². The van der Waals surface area contributed by atoms with E-state index in [2.05, 4.69) is 10.3 Å². The molecule has 1 aromatic heterocycles. The molecule has 0 aliphatic heterocycles. The van der Waals surface area contributed by atoms with Gasteiger partial charge in [-0.3, -0.25) is 4.79 Å². The molecule has 1 aromatic carbocycles. The first kappa shape index (κ1) is 15.5. The largest absolute Gasteiger partial charge is 0.382 e. The SMILES string of the molecule is Cc1cccc(C)c1Nc1nc(N)c(C(=O)CC(C)C)s1. The number of carbonyl (C=O) groups excluding carboxylic acids is 1. The van der Waals surface area contributed by atoms with E-state index in [1.807, 2.05) is 45.9 Å². The summed E-state index contributed by atoms with van der Waals surface area (Å²) in [6.45, 7) is 8.12. The standard InChI is InChI=1S/C16H21N3OS/c1-9(2)8-12(20)14-15(17)19-16(21-14)18-13-10(3)6-5-7-11(13)4/h5-7,9H,8,17H2,1-4H3,(H,18,19). The van der Waals surface area contributed by atoms with Crippen molar-refractivity contribution in [3.05, 3.63) is 34.2 Å². The fraction of sp³-hybridized carbons (Fsp3) is 0.375. The zero-order valence-corrected chi connectivity index (χ0v) is 13.7. The van der Waals surface area contributed by atoms with E-state index in [0.29, 0.717) is 28.2 Å². The summed E-state index contributed by atoms with van der Waals surface area (Å²) in [5.41, 5.74) is 9.18. The number of nitrogen functional groups attached to an aromatic ring is 1. The summed E-state index contributed by atoms with van der Waals surface area (Å²) in [4.78, 5) is 17.0. The molecule has 0 aliphatic carbocycles. The third kappa shape index (κ3) is 3.61. The fourth-order valence-electron chi connectivity index (χ4n) is 2.17. The van der Waals surface area contributed by atoms with Gasteiger partial charge in [-0.15, -0.1) is 0 Å². The van der Waals surface area contributed by atoms with Gasteiger partial charge in [0, 0.05) is 12.1 Å². The van der Waals surface area contributed by atoms with Gasteiger partial charge in [-0.1, -0.05) is 43.4 Å². The summed E-state index contributed by atoms with van der Waals surface area (Å²) in [5, 5.41) is 3.95. The lowest BCUT2D eigenvalue weighted by Gasteiger charge is -2.09. The highest BCUT2D eigenvalue weighted by Crippen LogP contribution is 2.31. The first-order valence-electron chi connectivity index (χ1n) is 7.01. The predicted molar refractivity (Wildman–Crippen MR) is 89.5 cm³/mol. The molecule has 5 heteroatoms. The molecule has 0 amide bonds. The molecule has 3 N–H and O–H groups in total. The number of thiazole rings is 1. The molecule has 0 saturated carbocycles. The summed E-state index contributed by atoms with van der Waals surface area (Å²) < 4.78 is 0. The summed E-state index contributed by atoms with van der Waals surface area (Å²) in [6.07, 6.45) is 0.495. The minimum Gasteiger partial charge on any atom is -0.382 e. The van der Waals surface area contributed by atoms with Gasteiger partial charge in [0.05, 0.1) is 0 Å². The lowest BCUT2D eigenvalue weighted by molar-refractivity contribution is 0.0972. The van der Waals surface area contributed by atoms with Crippen LogP contribution in [0.4, 0.5) is 16.6 Å². The van der Waals surface area contributed by atoms with E-state index in [-0.39, 0.29) is 5.78 Å². The smallest absolute Gasteiger partial charge is 0.189 e. The number of nitrogens with two attached hydrogens (primary N) is 1. The number of aryl methyl sites for hydroxylation is 2. The van der Waals surface area contributed by atoms with Crippen LogP contribution in [0.3, 0.4) is 0 Å². The van der Waals surface area contributed by atoms with E-state index in [1.54, 1.807) is 0 Å².